The first kappa shape index (κ1) is 41.2. The Morgan fingerprint density at radius 1 is 0.810 bits per heavy atom. The Bertz CT molecular complexity index is 713. The van der Waals surface area contributed by atoms with Gasteiger partial charge in [0, 0.05) is 6.42 Å². The number of rotatable bonds is 30. The number of allylic oxidation sites excluding steroid dienone is 2. The number of carbonyl (C=O) groups excluding carboxylic acids is 1. The highest BCUT2D eigenvalue weighted by Gasteiger charge is 2.24. The number of quaternary nitrogens is 1. The van der Waals surface area contributed by atoms with Gasteiger partial charge in [-0.25, -0.2) is 0 Å². The summed E-state index contributed by atoms with van der Waals surface area (Å²) in [5, 5.41) is 13.6. The summed E-state index contributed by atoms with van der Waals surface area (Å²) < 4.78 is 22.9. The first-order valence-electron chi connectivity index (χ1n) is 17.0. The van der Waals surface area contributed by atoms with Crippen molar-refractivity contribution < 1.29 is 32.9 Å². The first-order chi connectivity index (χ1) is 20.0. The van der Waals surface area contributed by atoms with E-state index in [0.717, 1.165) is 64.2 Å². The van der Waals surface area contributed by atoms with Crippen LogP contribution in [0.5, 0.6) is 0 Å². The van der Waals surface area contributed by atoms with Gasteiger partial charge in [-0.15, -0.1) is 0 Å². The van der Waals surface area contributed by atoms with E-state index in [1.165, 1.54) is 51.4 Å². The largest absolute Gasteiger partial charge is 0.756 e. The molecule has 0 spiro atoms. The third-order valence-electron chi connectivity index (χ3n) is 7.50. The van der Waals surface area contributed by atoms with Gasteiger partial charge in [-0.3, -0.25) is 9.36 Å². The maximum absolute atomic E-state index is 12.6. The van der Waals surface area contributed by atoms with Gasteiger partial charge in [-0.05, 0) is 38.5 Å². The van der Waals surface area contributed by atoms with Crippen LogP contribution in [-0.4, -0.2) is 68.5 Å². The van der Waals surface area contributed by atoms with Crippen LogP contribution in [0.1, 0.15) is 142 Å². The molecule has 0 aromatic heterocycles. The van der Waals surface area contributed by atoms with Gasteiger partial charge in [-0.2, -0.15) is 0 Å². The van der Waals surface area contributed by atoms with Crippen LogP contribution < -0.4 is 10.2 Å². The minimum atomic E-state index is -4.54. The molecule has 0 radical (unpaired) electrons. The molecule has 0 aliphatic carbocycles. The molecule has 3 unspecified atom stereocenters. The van der Waals surface area contributed by atoms with Crippen LogP contribution in [0.3, 0.4) is 0 Å². The topological polar surface area (TPSA) is 108 Å². The fourth-order valence-electron chi connectivity index (χ4n) is 4.68. The summed E-state index contributed by atoms with van der Waals surface area (Å²) in [6.07, 6.45) is 25.3. The van der Waals surface area contributed by atoms with E-state index in [1.54, 1.807) is 0 Å². The molecule has 9 heteroatoms. The molecule has 1 amide bonds. The number of amides is 1. The Kier molecular flexibility index (Phi) is 26.1. The first-order valence-corrected chi connectivity index (χ1v) is 18.5. The molecule has 0 heterocycles. The van der Waals surface area contributed by atoms with Crippen molar-refractivity contribution in [3.8, 4) is 0 Å². The van der Waals surface area contributed by atoms with Crippen molar-refractivity contribution in [3.63, 3.8) is 0 Å². The third-order valence-corrected chi connectivity index (χ3v) is 8.47. The van der Waals surface area contributed by atoms with E-state index >= 15 is 0 Å². The second-order valence-corrected chi connectivity index (χ2v) is 14.3. The number of unbranched alkanes of at least 4 members (excludes halogenated alkanes) is 15. The van der Waals surface area contributed by atoms with E-state index in [9.17, 15) is 19.4 Å². The van der Waals surface area contributed by atoms with Crippen molar-refractivity contribution in [1.82, 2.24) is 5.32 Å². The monoisotopic (exact) mass is 618 g/mol. The van der Waals surface area contributed by atoms with Crippen LogP contribution in [0.4, 0.5) is 0 Å². The SMILES string of the molecule is CCCCCCCC/C=C\CCCCCCCC(=O)NC(COP(=O)([O-])OCC[N+](C)(C)C)C(O)CCCCCCC. The summed E-state index contributed by atoms with van der Waals surface area (Å²) in [5.41, 5.74) is 0. The highest BCUT2D eigenvalue weighted by molar-refractivity contribution is 7.45. The van der Waals surface area contributed by atoms with Gasteiger partial charge in [0.2, 0.25) is 5.91 Å². The van der Waals surface area contributed by atoms with Gasteiger partial charge < -0.3 is 28.8 Å². The smallest absolute Gasteiger partial charge is 0.268 e. The number of likely N-dealkylation sites (N-methyl/N-ethyl adjacent to an activating group) is 1. The summed E-state index contributed by atoms with van der Waals surface area (Å²) in [6, 6.07) is -0.795. The summed E-state index contributed by atoms with van der Waals surface area (Å²) in [6.45, 7) is 4.58. The molecular formula is C33H67N2O6P. The van der Waals surface area contributed by atoms with Crippen molar-refractivity contribution in [1.29, 1.82) is 0 Å². The highest BCUT2D eigenvalue weighted by atomic mass is 31.2. The summed E-state index contributed by atoms with van der Waals surface area (Å²) in [4.78, 5) is 24.9. The van der Waals surface area contributed by atoms with Crippen LogP contribution in [0.25, 0.3) is 0 Å². The molecule has 0 saturated heterocycles. The molecule has 0 saturated carbocycles. The third kappa shape index (κ3) is 28.0. The molecule has 2 N–H and O–H groups in total. The Morgan fingerprint density at radius 2 is 1.31 bits per heavy atom. The van der Waals surface area contributed by atoms with E-state index in [4.69, 9.17) is 9.05 Å². The molecule has 0 aliphatic heterocycles. The second kappa shape index (κ2) is 26.6. The van der Waals surface area contributed by atoms with E-state index in [0.29, 0.717) is 23.9 Å². The van der Waals surface area contributed by atoms with E-state index in [-0.39, 0.29) is 19.1 Å². The van der Waals surface area contributed by atoms with Crippen molar-refractivity contribution in [3.05, 3.63) is 12.2 Å². The molecule has 250 valence electrons. The quantitative estimate of drug-likeness (QED) is 0.0375. The molecule has 0 rings (SSSR count). The van der Waals surface area contributed by atoms with Crippen LogP contribution in [0.15, 0.2) is 12.2 Å². The number of phosphoric acid groups is 1. The molecule has 0 aromatic carbocycles. The zero-order valence-electron chi connectivity index (χ0n) is 28.0. The number of nitrogens with zero attached hydrogens (tertiary/aromatic N) is 1. The number of hydrogen-bond acceptors (Lipinski definition) is 6. The van der Waals surface area contributed by atoms with E-state index in [1.807, 2.05) is 21.1 Å². The standard InChI is InChI=1S/C33H67N2O6P/c1-6-8-10-12-13-14-15-16-17-18-19-20-21-23-25-27-33(37)34-31(32(36)26-24-22-11-9-7-2)30-41-42(38,39)40-29-28-35(3,4)5/h16-17,31-32,36H,6-15,18-30H2,1-5H3,(H-,34,37,38,39)/b17-16-. The Hall–Kier alpha value is -0.760. The van der Waals surface area contributed by atoms with Crippen LogP contribution >= 0.6 is 7.82 Å². The lowest BCUT2D eigenvalue weighted by atomic mass is 10.0. The van der Waals surface area contributed by atoms with Crippen molar-refractivity contribution in [2.24, 2.45) is 0 Å². The maximum Gasteiger partial charge on any atom is 0.268 e. The Balaban J connectivity index is 4.35. The van der Waals surface area contributed by atoms with Gasteiger partial charge in [0.25, 0.3) is 7.82 Å². The second-order valence-electron chi connectivity index (χ2n) is 12.9. The lowest BCUT2D eigenvalue weighted by Crippen LogP contribution is -2.46. The van der Waals surface area contributed by atoms with E-state index in [2.05, 4.69) is 31.3 Å². The lowest BCUT2D eigenvalue weighted by Gasteiger charge is -2.30. The predicted octanol–water partition coefficient (Wildman–Crippen LogP) is 7.44. The average molecular weight is 619 g/mol. The van der Waals surface area contributed by atoms with Crippen LogP contribution in [0.2, 0.25) is 0 Å². The number of hydrogen-bond donors (Lipinski definition) is 2. The molecule has 0 aromatic rings. The maximum atomic E-state index is 12.6. The van der Waals surface area contributed by atoms with Gasteiger partial charge in [0.15, 0.2) is 0 Å². The van der Waals surface area contributed by atoms with E-state index < -0.39 is 20.0 Å². The number of carbonyl (C=O) groups is 1. The van der Waals surface area contributed by atoms with Gasteiger partial charge >= 0.3 is 0 Å². The summed E-state index contributed by atoms with van der Waals surface area (Å²) in [5.74, 6) is -0.182. The number of aliphatic hydroxyl groups excluding tert-OH is 1. The van der Waals surface area contributed by atoms with Gasteiger partial charge in [0.1, 0.15) is 13.2 Å². The zero-order chi connectivity index (χ0) is 31.5. The zero-order valence-corrected chi connectivity index (χ0v) is 28.9. The minimum absolute atomic E-state index is 0.0107. The fraction of sp³-hybridized carbons (Fsp3) is 0.909. The van der Waals surface area contributed by atoms with Gasteiger partial charge in [0.05, 0.1) is 39.9 Å². The average Bonchev–Trinajstić information content (AvgIpc) is 2.92. The molecule has 42 heavy (non-hydrogen) atoms. The minimum Gasteiger partial charge on any atom is -0.756 e. The lowest BCUT2D eigenvalue weighted by molar-refractivity contribution is -0.870. The van der Waals surface area contributed by atoms with Crippen LogP contribution in [0, 0.1) is 0 Å². The molecule has 0 fully saturated rings. The van der Waals surface area contributed by atoms with Crippen molar-refractivity contribution in [2.45, 2.75) is 154 Å². The Morgan fingerprint density at radius 3 is 1.86 bits per heavy atom. The van der Waals surface area contributed by atoms with Crippen molar-refractivity contribution >= 4 is 13.7 Å². The normalized spacial score (nSPS) is 15.1. The van der Waals surface area contributed by atoms with Crippen molar-refractivity contribution in [2.75, 3.05) is 40.9 Å². The number of aliphatic hydroxyl groups is 1. The predicted molar refractivity (Wildman–Crippen MR) is 173 cm³/mol. The number of nitrogens with one attached hydrogen (secondary N) is 1. The molecule has 0 bridgehead atoms. The van der Waals surface area contributed by atoms with Crippen LogP contribution in [-0.2, 0) is 18.4 Å². The number of phosphoric ester groups is 1. The molecule has 0 aliphatic rings. The summed E-state index contributed by atoms with van der Waals surface area (Å²) >= 11 is 0. The molecular weight excluding hydrogens is 551 g/mol. The van der Waals surface area contributed by atoms with Gasteiger partial charge in [-0.1, -0.05) is 109 Å². The highest BCUT2D eigenvalue weighted by Crippen LogP contribution is 2.38. The molecule has 8 nitrogen and oxygen atoms in total. The fourth-order valence-corrected chi connectivity index (χ4v) is 5.40. The summed E-state index contributed by atoms with van der Waals surface area (Å²) in [7, 11) is 1.29. The Labute approximate surface area is 259 Å². The molecule has 3 atom stereocenters.